The van der Waals surface area contributed by atoms with Gasteiger partial charge in [0, 0.05) is 0 Å². The van der Waals surface area contributed by atoms with Crippen molar-refractivity contribution in [2.45, 2.75) is 17.9 Å². The molecule has 0 aliphatic carbocycles. The number of nitrogens with one attached hydrogen (secondary N) is 1. The van der Waals surface area contributed by atoms with E-state index in [9.17, 15) is 13.2 Å². The summed E-state index contributed by atoms with van der Waals surface area (Å²) in [4.78, 5) is 13.6. The van der Waals surface area contributed by atoms with Crippen LogP contribution in [-0.2, 0) is 14.8 Å². The standard InChI is InChI=1S/C30H30N2O5S/c1-22-13-15-24(16-14-22)30(23-9-5-4-6-10-23)31-29(33)21-32(27-11-7-8-12-28(27)37-3)38(34,35)26-19-17-25(36-2)18-20-26/h4-20,30H,21H2,1-3H3,(H,31,33). The van der Waals surface area contributed by atoms with Crippen molar-refractivity contribution in [2.24, 2.45) is 0 Å². The highest BCUT2D eigenvalue weighted by molar-refractivity contribution is 7.92. The molecule has 0 bridgehead atoms. The van der Waals surface area contributed by atoms with Crippen LogP contribution in [0.3, 0.4) is 0 Å². The molecule has 0 aromatic heterocycles. The fourth-order valence-electron chi connectivity index (χ4n) is 4.11. The minimum absolute atomic E-state index is 0.0233. The second-order valence-corrected chi connectivity index (χ2v) is 10.5. The first kappa shape index (κ1) is 26.8. The van der Waals surface area contributed by atoms with Crippen LogP contribution in [0.4, 0.5) is 5.69 Å². The van der Waals surface area contributed by atoms with Gasteiger partial charge in [-0.15, -0.1) is 0 Å². The molecule has 38 heavy (non-hydrogen) atoms. The number of sulfonamides is 1. The van der Waals surface area contributed by atoms with Crippen molar-refractivity contribution < 1.29 is 22.7 Å². The Hall–Kier alpha value is -4.30. The smallest absolute Gasteiger partial charge is 0.264 e. The lowest BCUT2D eigenvalue weighted by atomic mass is 9.98. The fourth-order valence-corrected chi connectivity index (χ4v) is 5.54. The van der Waals surface area contributed by atoms with Crippen molar-refractivity contribution in [1.29, 1.82) is 0 Å². The van der Waals surface area contributed by atoms with Crippen LogP contribution in [0.1, 0.15) is 22.7 Å². The van der Waals surface area contributed by atoms with Crippen LogP contribution in [0, 0.1) is 6.92 Å². The van der Waals surface area contributed by atoms with Crippen LogP contribution in [0.15, 0.2) is 108 Å². The molecule has 0 spiro atoms. The predicted octanol–water partition coefficient (Wildman–Crippen LogP) is 5.11. The topological polar surface area (TPSA) is 84.9 Å². The molecule has 0 saturated heterocycles. The Morgan fingerprint density at radius 1 is 0.789 bits per heavy atom. The SMILES string of the molecule is COc1ccc(S(=O)(=O)N(CC(=O)NC(c2ccccc2)c2ccc(C)cc2)c2ccccc2OC)cc1. The highest BCUT2D eigenvalue weighted by atomic mass is 32.2. The van der Waals surface area contributed by atoms with E-state index in [0.717, 1.165) is 21.0 Å². The maximum absolute atomic E-state index is 13.8. The van der Waals surface area contributed by atoms with Crippen LogP contribution in [0.25, 0.3) is 0 Å². The van der Waals surface area contributed by atoms with Crippen molar-refractivity contribution in [3.05, 3.63) is 120 Å². The molecule has 0 saturated carbocycles. The molecule has 0 radical (unpaired) electrons. The zero-order chi connectivity index (χ0) is 27.1. The Labute approximate surface area is 223 Å². The van der Waals surface area contributed by atoms with Gasteiger partial charge in [0.1, 0.15) is 18.0 Å². The average Bonchev–Trinajstić information content (AvgIpc) is 2.95. The number of aryl methyl sites for hydroxylation is 1. The summed E-state index contributed by atoms with van der Waals surface area (Å²) in [5.41, 5.74) is 3.12. The van der Waals surface area contributed by atoms with Gasteiger partial charge in [-0.1, -0.05) is 72.3 Å². The lowest BCUT2D eigenvalue weighted by Crippen LogP contribution is -2.42. The number of amides is 1. The number of hydrogen-bond donors (Lipinski definition) is 1. The van der Waals surface area contributed by atoms with E-state index in [0.29, 0.717) is 11.5 Å². The molecule has 196 valence electrons. The summed E-state index contributed by atoms with van der Waals surface area (Å²) < 4.78 is 39.4. The third-order valence-electron chi connectivity index (χ3n) is 6.14. The van der Waals surface area contributed by atoms with E-state index < -0.39 is 28.5 Å². The number of rotatable bonds is 10. The van der Waals surface area contributed by atoms with Gasteiger partial charge in [0.05, 0.1) is 30.8 Å². The van der Waals surface area contributed by atoms with Crippen LogP contribution < -0.4 is 19.1 Å². The molecular formula is C30H30N2O5S. The Kier molecular flexibility index (Phi) is 8.33. The van der Waals surface area contributed by atoms with Crippen molar-refractivity contribution in [3.8, 4) is 11.5 Å². The van der Waals surface area contributed by atoms with Gasteiger partial charge in [-0.25, -0.2) is 8.42 Å². The van der Waals surface area contributed by atoms with E-state index in [4.69, 9.17) is 9.47 Å². The van der Waals surface area contributed by atoms with E-state index in [1.54, 1.807) is 36.4 Å². The molecule has 4 aromatic carbocycles. The number of ether oxygens (including phenoxy) is 2. The lowest BCUT2D eigenvalue weighted by molar-refractivity contribution is -0.120. The molecule has 4 rings (SSSR count). The minimum atomic E-state index is -4.14. The Morgan fingerprint density at radius 2 is 1.39 bits per heavy atom. The first-order chi connectivity index (χ1) is 18.3. The quantitative estimate of drug-likeness (QED) is 0.308. The van der Waals surface area contributed by atoms with Crippen molar-refractivity contribution >= 4 is 21.6 Å². The van der Waals surface area contributed by atoms with Crippen LogP contribution in [0.5, 0.6) is 11.5 Å². The molecule has 4 aromatic rings. The van der Waals surface area contributed by atoms with E-state index in [-0.39, 0.29) is 10.6 Å². The van der Waals surface area contributed by atoms with Crippen LogP contribution >= 0.6 is 0 Å². The zero-order valence-corrected chi connectivity index (χ0v) is 22.3. The molecule has 0 aliphatic heterocycles. The van der Waals surface area contributed by atoms with Crippen molar-refractivity contribution in [2.75, 3.05) is 25.1 Å². The predicted molar refractivity (Wildman–Crippen MR) is 148 cm³/mol. The van der Waals surface area contributed by atoms with Gasteiger partial charge in [0.2, 0.25) is 5.91 Å². The van der Waals surface area contributed by atoms with Crippen molar-refractivity contribution in [1.82, 2.24) is 5.32 Å². The fraction of sp³-hybridized carbons (Fsp3) is 0.167. The summed E-state index contributed by atoms with van der Waals surface area (Å²) in [6.07, 6.45) is 0. The monoisotopic (exact) mass is 530 g/mol. The van der Waals surface area contributed by atoms with Gasteiger partial charge in [0.15, 0.2) is 0 Å². The van der Waals surface area contributed by atoms with Crippen molar-refractivity contribution in [3.63, 3.8) is 0 Å². The Balaban J connectivity index is 1.71. The molecule has 1 amide bonds. The summed E-state index contributed by atoms with van der Waals surface area (Å²) in [5.74, 6) is 0.382. The van der Waals surface area contributed by atoms with Gasteiger partial charge >= 0.3 is 0 Å². The molecular weight excluding hydrogens is 500 g/mol. The van der Waals surface area contributed by atoms with E-state index in [2.05, 4.69) is 5.32 Å². The van der Waals surface area contributed by atoms with E-state index in [1.165, 1.54) is 26.4 Å². The molecule has 7 nitrogen and oxygen atoms in total. The summed E-state index contributed by atoms with van der Waals surface area (Å²) in [5, 5.41) is 3.04. The molecule has 0 fully saturated rings. The zero-order valence-electron chi connectivity index (χ0n) is 21.5. The highest BCUT2D eigenvalue weighted by Crippen LogP contribution is 2.33. The Morgan fingerprint density at radius 3 is 2.03 bits per heavy atom. The second-order valence-electron chi connectivity index (χ2n) is 8.68. The van der Waals surface area contributed by atoms with Gasteiger partial charge < -0.3 is 14.8 Å². The third-order valence-corrected chi connectivity index (χ3v) is 7.91. The van der Waals surface area contributed by atoms with Gasteiger partial charge in [-0.05, 0) is 54.4 Å². The number of carbonyl (C=O) groups excluding carboxylic acids is 1. The number of nitrogens with zero attached hydrogens (tertiary/aromatic N) is 1. The molecule has 1 unspecified atom stereocenters. The first-order valence-corrected chi connectivity index (χ1v) is 13.5. The number of benzene rings is 4. The maximum Gasteiger partial charge on any atom is 0.264 e. The largest absolute Gasteiger partial charge is 0.497 e. The second kappa shape index (κ2) is 11.8. The van der Waals surface area contributed by atoms with Crippen LogP contribution in [-0.4, -0.2) is 35.1 Å². The molecule has 8 heteroatoms. The lowest BCUT2D eigenvalue weighted by Gasteiger charge is -2.27. The summed E-state index contributed by atoms with van der Waals surface area (Å²) >= 11 is 0. The number of para-hydroxylation sites is 2. The number of methoxy groups -OCH3 is 2. The maximum atomic E-state index is 13.8. The van der Waals surface area contributed by atoms with Crippen LogP contribution in [0.2, 0.25) is 0 Å². The minimum Gasteiger partial charge on any atom is -0.497 e. The van der Waals surface area contributed by atoms with Gasteiger partial charge in [0.25, 0.3) is 10.0 Å². The molecule has 1 N–H and O–H groups in total. The molecule has 0 aliphatic rings. The van der Waals surface area contributed by atoms with Gasteiger partial charge in [-0.3, -0.25) is 9.10 Å². The third kappa shape index (κ3) is 5.98. The number of carbonyl (C=O) groups is 1. The highest BCUT2D eigenvalue weighted by Gasteiger charge is 2.30. The number of anilines is 1. The average molecular weight is 531 g/mol. The Bertz CT molecular complexity index is 1470. The van der Waals surface area contributed by atoms with E-state index in [1.807, 2.05) is 61.5 Å². The molecule has 0 heterocycles. The summed E-state index contributed by atoms with van der Waals surface area (Å²) in [6, 6.07) is 29.7. The first-order valence-electron chi connectivity index (χ1n) is 12.0. The number of hydrogen-bond acceptors (Lipinski definition) is 5. The van der Waals surface area contributed by atoms with Gasteiger partial charge in [-0.2, -0.15) is 0 Å². The normalized spacial score (nSPS) is 11.9. The summed E-state index contributed by atoms with van der Waals surface area (Å²) in [7, 11) is -1.18. The summed E-state index contributed by atoms with van der Waals surface area (Å²) in [6.45, 7) is 1.54. The van der Waals surface area contributed by atoms with E-state index >= 15 is 0 Å². The molecule has 1 atom stereocenters.